The van der Waals surface area contributed by atoms with Gasteiger partial charge in [-0.25, -0.2) is 0 Å². The lowest BCUT2D eigenvalue weighted by Gasteiger charge is -2.29. The van der Waals surface area contributed by atoms with Crippen LogP contribution in [-0.2, 0) is 14.3 Å². The maximum atomic E-state index is 11.5. The van der Waals surface area contributed by atoms with Crippen LogP contribution in [0.1, 0.15) is 25.7 Å². The average molecular weight is 244 g/mol. The number of aliphatic hydroxyl groups is 1. The number of hydrogen-bond acceptors (Lipinski definition) is 4. The lowest BCUT2D eigenvalue weighted by atomic mass is 9.76. The molecule has 2 unspecified atom stereocenters. The third-order valence-corrected chi connectivity index (χ3v) is 3.79. The monoisotopic (exact) mass is 244 g/mol. The van der Waals surface area contributed by atoms with Gasteiger partial charge in [0.2, 0.25) is 0 Å². The van der Waals surface area contributed by atoms with Crippen molar-refractivity contribution in [3.05, 3.63) is 0 Å². The molecule has 2 N–H and O–H groups in total. The molecule has 2 rings (SSSR count). The van der Waals surface area contributed by atoms with Gasteiger partial charge in [0.05, 0.1) is 24.7 Å². The molecule has 0 aromatic rings. The average Bonchev–Trinajstić information content (AvgIpc) is 3.05. The highest BCUT2D eigenvalue weighted by Crippen LogP contribution is 2.49. The number of carboxylic acid groups (broad SMARTS) is 1. The molecule has 1 heterocycles. The minimum atomic E-state index is -0.767. The zero-order valence-corrected chi connectivity index (χ0v) is 9.93. The molecular weight excluding hydrogens is 224 g/mol. The van der Waals surface area contributed by atoms with Crippen molar-refractivity contribution in [3.8, 4) is 0 Å². The van der Waals surface area contributed by atoms with E-state index in [0.29, 0.717) is 32.0 Å². The highest BCUT2D eigenvalue weighted by Gasteiger charge is 2.55. The molecule has 1 aliphatic heterocycles. The molecule has 1 aliphatic carbocycles. The Morgan fingerprint density at radius 3 is 2.76 bits per heavy atom. The zero-order valence-electron chi connectivity index (χ0n) is 9.93. The fraction of sp³-hybridized carbons (Fsp3) is 0.917. The van der Waals surface area contributed by atoms with Crippen LogP contribution in [0.4, 0.5) is 0 Å². The van der Waals surface area contributed by atoms with Gasteiger partial charge in [-0.15, -0.1) is 0 Å². The van der Waals surface area contributed by atoms with E-state index in [-0.39, 0.29) is 19.3 Å². The Kier molecular flexibility index (Phi) is 4.01. The molecule has 2 aliphatic rings. The SMILES string of the molecule is O=C(O)C1(CCOCCO)CCOC1C1CC1. The Labute approximate surface area is 101 Å². The maximum Gasteiger partial charge on any atom is 0.312 e. The maximum absolute atomic E-state index is 11.5. The van der Waals surface area contributed by atoms with Crippen molar-refractivity contribution >= 4 is 5.97 Å². The minimum Gasteiger partial charge on any atom is -0.481 e. The van der Waals surface area contributed by atoms with Crippen LogP contribution in [0.25, 0.3) is 0 Å². The Morgan fingerprint density at radius 1 is 1.41 bits per heavy atom. The van der Waals surface area contributed by atoms with Crippen molar-refractivity contribution < 1.29 is 24.5 Å². The van der Waals surface area contributed by atoms with E-state index in [1.54, 1.807) is 0 Å². The Balaban J connectivity index is 1.95. The van der Waals surface area contributed by atoms with Crippen LogP contribution in [0.2, 0.25) is 0 Å². The van der Waals surface area contributed by atoms with Gasteiger partial charge in [0, 0.05) is 13.2 Å². The van der Waals surface area contributed by atoms with E-state index in [9.17, 15) is 9.90 Å². The summed E-state index contributed by atoms with van der Waals surface area (Å²) in [7, 11) is 0. The van der Waals surface area contributed by atoms with Crippen molar-refractivity contribution in [2.75, 3.05) is 26.4 Å². The molecular formula is C12H20O5. The molecule has 5 heteroatoms. The molecule has 0 amide bonds. The molecule has 1 saturated carbocycles. The number of hydrogen-bond donors (Lipinski definition) is 2. The summed E-state index contributed by atoms with van der Waals surface area (Å²) < 4.78 is 10.8. The number of aliphatic carboxylic acids is 1. The lowest BCUT2D eigenvalue weighted by molar-refractivity contribution is -0.155. The number of rotatable bonds is 7. The van der Waals surface area contributed by atoms with Crippen LogP contribution in [0.3, 0.4) is 0 Å². The number of ether oxygens (including phenoxy) is 2. The van der Waals surface area contributed by atoms with Crippen LogP contribution < -0.4 is 0 Å². The summed E-state index contributed by atoms with van der Waals surface area (Å²) in [5, 5.41) is 18.1. The van der Waals surface area contributed by atoms with Gasteiger partial charge in [0.15, 0.2) is 0 Å². The summed E-state index contributed by atoms with van der Waals surface area (Å²) in [6, 6.07) is 0. The molecule has 98 valence electrons. The normalized spacial score (nSPS) is 32.9. The Bertz CT molecular complexity index is 276. The van der Waals surface area contributed by atoms with Gasteiger partial charge in [-0.3, -0.25) is 4.79 Å². The third kappa shape index (κ3) is 2.61. The number of aliphatic hydroxyl groups excluding tert-OH is 1. The molecule has 0 spiro atoms. The summed E-state index contributed by atoms with van der Waals surface area (Å²) in [5.74, 6) is -0.342. The van der Waals surface area contributed by atoms with Crippen LogP contribution in [0, 0.1) is 11.3 Å². The molecule has 5 nitrogen and oxygen atoms in total. The van der Waals surface area contributed by atoms with Crippen molar-refractivity contribution in [3.63, 3.8) is 0 Å². The quantitative estimate of drug-likeness (QED) is 0.643. The topological polar surface area (TPSA) is 76.0 Å². The molecule has 17 heavy (non-hydrogen) atoms. The fourth-order valence-corrected chi connectivity index (χ4v) is 2.68. The number of carboxylic acids is 1. The van der Waals surface area contributed by atoms with Crippen molar-refractivity contribution in [2.24, 2.45) is 11.3 Å². The Morgan fingerprint density at radius 2 is 2.18 bits per heavy atom. The van der Waals surface area contributed by atoms with E-state index in [4.69, 9.17) is 14.6 Å². The van der Waals surface area contributed by atoms with E-state index in [2.05, 4.69) is 0 Å². The van der Waals surface area contributed by atoms with Gasteiger partial charge >= 0.3 is 5.97 Å². The van der Waals surface area contributed by atoms with Crippen LogP contribution in [0.15, 0.2) is 0 Å². The highest BCUT2D eigenvalue weighted by atomic mass is 16.5. The van der Waals surface area contributed by atoms with Crippen LogP contribution in [0.5, 0.6) is 0 Å². The molecule has 0 radical (unpaired) electrons. The summed E-state index contributed by atoms with van der Waals surface area (Å²) >= 11 is 0. The highest BCUT2D eigenvalue weighted by molar-refractivity contribution is 5.76. The first-order valence-corrected chi connectivity index (χ1v) is 6.24. The van der Waals surface area contributed by atoms with E-state index in [0.717, 1.165) is 12.8 Å². The van der Waals surface area contributed by atoms with Gasteiger partial charge < -0.3 is 19.7 Å². The second-order valence-electron chi connectivity index (χ2n) is 4.93. The van der Waals surface area contributed by atoms with Gasteiger partial charge in [-0.2, -0.15) is 0 Å². The van der Waals surface area contributed by atoms with Gasteiger partial charge in [-0.05, 0) is 31.6 Å². The summed E-state index contributed by atoms with van der Waals surface area (Å²) in [6.45, 7) is 1.15. The van der Waals surface area contributed by atoms with Crippen LogP contribution >= 0.6 is 0 Å². The van der Waals surface area contributed by atoms with Crippen molar-refractivity contribution in [2.45, 2.75) is 31.8 Å². The van der Waals surface area contributed by atoms with Crippen molar-refractivity contribution in [1.82, 2.24) is 0 Å². The van der Waals surface area contributed by atoms with Gasteiger partial charge in [0.25, 0.3) is 0 Å². The van der Waals surface area contributed by atoms with Crippen LogP contribution in [-0.4, -0.2) is 48.7 Å². The molecule has 0 aromatic carbocycles. The van der Waals surface area contributed by atoms with E-state index in [1.165, 1.54) is 0 Å². The van der Waals surface area contributed by atoms with E-state index >= 15 is 0 Å². The van der Waals surface area contributed by atoms with Crippen molar-refractivity contribution in [1.29, 1.82) is 0 Å². The predicted molar refractivity (Wildman–Crippen MR) is 59.7 cm³/mol. The standard InChI is InChI=1S/C12H20O5/c13-5-8-16-6-3-12(11(14)15)4-7-17-10(12)9-1-2-9/h9-10,13H,1-8H2,(H,14,15). The smallest absolute Gasteiger partial charge is 0.312 e. The zero-order chi connectivity index (χ0) is 12.3. The molecule has 1 saturated heterocycles. The molecule has 0 aromatic heterocycles. The summed E-state index contributed by atoms with van der Waals surface area (Å²) in [6.07, 6.45) is 3.07. The predicted octanol–water partition coefficient (Wildman–Crippen LogP) is 0.655. The van der Waals surface area contributed by atoms with Gasteiger partial charge in [-0.1, -0.05) is 0 Å². The lowest BCUT2D eigenvalue weighted by Crippen LogP contribution is -2.41. The van der Waals surface area contributed by atoms with E-state index in [1.807, 2.05) is 0 Å². The summed E-state index contributed by atoms with van der Waals surface area (Å²) in [4.78, 5) is 11.5. The fourth-order valence-electron chi connectivity index (χ4n) is 2.68. The molecule has 2 fully saturated rings. The van der Waals surface area contributed by atoms with E-state index < -0.39 is 11.4 Å². The molecule has 0 bridgehead atoms. The first-order valence-electron chi connectivity index (χ1n) is 6.24. The Hall–Kier alpha value is -0.650. The first kappa shape index (κ1) is 12.8. The minimum absolute atomic E-state index is 0.0252. The summed E-state index contributed by atoms with van der Waals surface area (Å²) in [5.41, 5.74) is -0.767. The molecule has 2 atom stereocenters. The number of carbonyl (C=O) groups is 1. The third-order valence-electron chi connectivity index (χ3n) is 3.79. The largest absolute Gasteiger partial charge is 0.481 e. The second-order valence-corrected chi connectivity index (χ2v) is 4.93. The first-order chi connectivity index (χ1) is 8.20. The van der Waals surface area contributed by atoms with Gasteiger partial charge in [0.1, 0.15) is 0 Å². The second kappa shape index (κ2) is 5.33.